The molecule has 5 nitrogen and oxygen atoms in total. The summed E-state index contributed by atoms with van der Waals surface area (Å²) in [6, 6.07) is 15.7. The number of aromatic amines is 1. The second-order valence-electron chi connectivity index (χ2n) is 8.30. The van der Waals surface area contributed by atoms with E-state index in [4.69, 9.17) is 11.6 Å². The van der Waals surface area contributed by atoms with Crippen molar-refractivity contribution in [1.29, 1.82) is 0 Å². The highest BCUT2D eigenvalue weighted by molar-refractivity contribution is 6.34. The molecular weight excluding hydrogens is 427 g/mol. The number of anilines is 1. The Morgan fingerprint density at radius 3 is 2.69 bits per heavy atom. The van der Waals surface area contributed by atoms with Crippen molar-refractivity contribution in [3.05, 3.63) is 64.8 Å². The number of halogens is 2. The molecular formula is C25H30ClFN4O. The van der Waals surface area contributed by atoms with Gasteiger partial charge in [0.05, 0.1) is 10.7 Å². The topological polar surface area (TPSA) is 51.4 Å². The Hall–Kier alpha value is -2.57. The summed E-state index contributed by atoms with van der Waals surface area (Å²) in [5, 5.41) is 4.64. The summed E-state index contributed by atoms with van der Waals surface area (Å²) in [5.41, 5.74) is 3.65. The van der Waals surface area contributed by atoms with Crippen molar-refractivity contribution < 1.29 is 9.18 Å². The Kier molecular flexibility index (Phi) is 7.33. The number of amides is 1. The molecule has 0 spiro atoms. The van der Waals surface area contributed by atoms with E-state index in [-0.39, 0.29) is 5.91 Å². The molecule has 32 heavy (non-hydrogen) atoms. The number of hydrogen-bond acceptors (Lipinski definition) is 3. The van der Waals surface area contributed by atoms with Crippen molar-refractivity contribution in [3.8, 4) is 0 Å². The van der Waals surface area contributed by atoms with Crippen LogP contribution in [0.3, 0.4) is 0 Å². The zero-order chi connectivity index (χ0) is 22.5. The molecule has 1 aromatic heterocycles. The van der Waals surface area contributed by atoms with Gasteiger partial charge in [-0.25, -0.2) is 4.39 Å². The van der Waals surface area contributed by atoms with Gasteiger partial charge in [0.1, 0.15) is 11.9 Å². The quantitative estimate of drug-likeness (QED) is 0.518. The standard InChI is InChI=1S/C25H30ClFN4O/c1-2-18-7-5-9-23(24(18)26)31-14-12-30(13-15-31)17-20(27)10-11-28-25(32)22-16-19-6-3-4-8-21(19)29-22/h3-9,16,20,29H,2,10-15,17H2,1H3,(H,28,32). The number of alkyl halides is 1. The van der Waals surface area contributed by atoms with Crippen LogP contribution in [0, 0.1) is 0 Å². The van der Waals surface area contributed by atoms with Crippen molar-refractivity contribution in [2.45, 2.75) is 25.9 Å². The summed E-state index contributed by atoms with van der Waals surface area (Å²) in [5.74, 6) is -0.201. The molecule has 170 valence electrons. The minimum atomic E-state index is -0.975. The van der Waals surface area contributed by atoms with Crippen molar-refractivity contribution in [1.82, 2.24) is 15.2 Å². The average Bonchev–Trinajstić information content (AvgIpc) is 3.24. The maximum Gasteiger partial charge on any atom is 0.267 e. The Labute approximate surface area is 193 Å². The van der Waals surface area contributed by atoms with Crippen LogP contribution in [0.25, 0.3) is 10.9 Å². The lowest BCUT2D eigenvalue weighted by Gasteiger charge is -2.37. The van der Waals surface area contributed by atoms with E-state index < -0.39 is 6.17 Å². The van der Waals surface area contributed by atoms with Gasteiger partial charge in [0.2, 0.25) is 0 Å². The number of hydrogen-bond donors (Lipinski definition) is 2. The Morgan fingerprint density at radius 1 is 1.16 bits per heavy atom. The van der Waals surface area contributed by atoms with Crippen LogP contribution in [0.4, 0.5) is 10.1 Å². The number of carbonyl (C=O) groups excluding carboxylic acids is 1. The maximum absolute atomic E-state index is 14.6. The first kappa shape index (κ1) is 22.6. The molecule has 1 fully saturated rings. The second kappa shape index (κ2) is 10.4. The zero-order valence-electron chi connectivity index (χ0n) is 18.4. The normalized spacial score (nSPS) is 15.8. The molecule has 0 saturated carbocycles. The van der Waals surface area contributed by atoms with E-state index in [1.54, 1.807) is 0 Å². The largest absolute Gasteiger partial charge is 0.368 e. The molecule has 2 aromatic carbocycles. The Balaban J connectivity index is 1.20. The van der Waals surface area contributed by atoms with Gasteiger partial charge in [-0.05, 0) is 36.6 Å². The van der Waals surface area contributed by atoms with Gasteiger partial charge >= 0.3 is 0 Å². The highest BCUT2D eigenvalue weighted by atomic mass is 35.5. The number of fused-ring (bicyclic) bond motifs is 1. The number of carbonyl (C=O) groups is 1. The number of H-pyrrole nitrogens is 1. The second-order valence-corrected chi connectivity index (χ2v) is 8.68. The molecule has 3 aromatic rings. The van der Waals surface area contributed by atoms with Gasteiger partial charge in [-0.2, -0.15) is 0 Å². The molecule has 0 bridgehead atoms. The van der Waals surface area contributed by atoms with Crippen molar-refractivity contribution in [2.24, 2.45) is 0 Å². The fraction of sp³-hybridized carbons (Fsp3) is 0.400. The number of nitrogens with zero attached hydrogens (tertiary/aromatic N) is 2. The minimum Gasteiger partial charge on any atom is -0.368 e. The summed E-state index contributed by atoms with van der Waals surface area (Å²) in [7, 11) is 0. The number of aryl methyl sites for hydroxylation is 1. The minimum absolute atomic E-state index is 0.201. The molecule has 4 rings (SSSR count). The van der Waals surface area contributed by atoms with Crippen LogP contribution >= 0.6 is 11.6 Å². The van der Waals surface area contributed by atoms with Gasteiger partial charge in [-0.15, -0.1) is 0 Å². The molecule has 7 heteroatoms. The van der Waals surface area contributed by atoms with Crippen molar-refractivity contribution in [3.63, 3.8) is 0 Å². The number of para-hydroxylation sites is 1. The molecule has 1 atom stereocenters. The molecule has 1 aliphatic heterocycles. The number of aromatic nitrogens is 1. The first-order valence-electron chi connectivity index (χ1n) is 11.3. The van der Waals surface area contributed by atoms with Crippen LogP contribution in [0.15, 0.2) is 48.5 Å². The average molecular weight is 457 g/mol. The summed E-state index contributed by atoms with van der Waals surface area (Å²) in [6.45, 7) is 6.07. The highest BCUT2D eigenvalue weighted by Crippen LogP contribution is 2.30. The van der Waals surface area contributed by atoms with E-state index in [1.165, 1.54) is 0 Å². The van der Waals surface area contributed by atoms with Crippen LogP contribution in [-0.4, -0.2) is 61.2 Å². The summed E-state index contributed by atoms with van der Waals surface area (Å²) < 4.78 is 14.6. The Bertz CT molecular complexity index is 1030. The van der Waals surface area contributed by atoms with Gasteiger partial charge in [-0.3, -0.25) is 9.69 Å². The summed E-state index contributed by atoms with van der Waals surface area (Å²) in [4.78, 5) is 19.9. The third-order valence-corrected chi connectivity index (χ3v) is 6.56. The number of piperazine rings is 1. The van der Waals surface area contributed by atoms with Crippen LogP contribution < -0.4 is 10.2 Å². The summed E-state index contributed by atoms with van der Waals surface area (Å²) >= 11 is 6.56. The van der Waals surface area contributed by atoms with E-state index in [0.29, 0.717) is 25.2 Å². The zero-order valence-corrected chi connectivity index (χ0v) is 19.2. The molecule has 1 amide bonds. The van der Waals surface area contributed by atoms with Gasteiger partial charge in [0.15, 0.2) is 0 Å². The first-order valence-corrected chi connectivity index (χ1v) is 11.7. The maximum atomic E-state index is 14.6. The van der Waals surface area contributed by atoms with E-state index >= 15 is 0 Å². The third kappa shape index (κ3) is 5.25. The molecule has 0 aliphatic carbocycles. The van der Waals surface area contributed by atoms with E-state index in [0.717, 1.165) is 59.8 Å². The van der Waals surface area contributed by atoms with Crippen LogP contribution in [0.5, 0.6) is 0 Å². The molecule has 2 heterocycles. The van der Waals surface area contributed by atoms with Gasteiger partial charge in [0, 0.05) is 50.2 Å². The van der Waals surface area contributed by atoms with Crippen LogP contribution in [0.2, 0.25) is 5.02 Å². The lowest BCUT2D eigenvalue weighted by molar-refractivity contribution is 0.0943. The molecule has 1 aliphatic rings. The highest BCUT2D eigenvalue weighted by Gasteiger charge is 2.22. The smallest absolute Gasteiger partial charge is 0.267 e. The van der Waals surface area contributed by atoms with Gasteiger partial charge in [0.25, 0.3) is 5.91 Å². The monoisotopic (exact) mass is 456 g/mol. The number of nitrogens with one attached hydrogen (secondary N) is 2. The van der Waals surface area contributed by atoms with E-state index in [1.807, 2.05) is 36.4 Å². The number of rotatable bonds is 8. The van der Waals surface area contributed by atoms with Crippen molar-refractivity contribution >= 4 is 34.1 Å². The first-order chi connectivity index (χ1) is 15.5. The SMILES string of the molecule is CCc1cccc(N2CCN(CC(F)CCNC(=O)c3cc4ccccc4[nH]3)CC2)c1Cl. The molecule has 0 radical (unpaired) electrons. The van der Waals surface area contributed by atoms with Crippen LogP contribution in [-0.2, 0) is 6.42 Å². The van der Waals surface area contributed by atoms with Gasteiger partial charge < -0.3 is 15.2 Å². The Morgan fingerprint density at radius 2 is 1.94 bits per heavy atom. The predicted molar refractivity (Wildman–Crippen MR) is 130 cm³/mol. The molecule has 2 N–H and O–H groups in total. The molecule has 1 saturated heterocycles. The molecule has 1 unspecified atom stereocenters. The van der Waals surface area contributed by atoms with Crippen LogP contribution in [0.1, 0.15) is 29.4 Å². The summed E-state index contributed by atoms with van der Waals surface area (Å²) in [6.07, 6.45) is 0.236. The number of benzene rings is 2. The van der Waals surface area contributed by atoms with E-state index in [9.17, 15) is 9.18 Å². The lowest BCUT2D eigenvalue weighted by atomic mass is 10.1. The van der Waals surface area contributed by atoms with Crippen molar-refractivity contribution in [2.75, 3.05) is 44.2 Å². The van der Waals surface area contributed by atoms with E-state index in [2.05, 4.69) is 39.2 Å². The fourth-order valence-electron chi connectivity index (χ4n) is 4.26. The van der Waals surface area contributed by atoms with Gasteiger partial charge in [-0.1, -0.05) is 48.9 Å². The predicted octanol–water partition coefficient (Wildman–Crippen LogP) is 4.66. The third-order valence-electron chi connectivity index (χ3n) is 6.13. The fourth-order valence-corrected chi connectivity index (χ4v) is 4.64. The lowest BCUT2D eigenvalue weighted by Crippen LogP contribution is -2.48.